The van der Waals surface area contributed by atoms with Crippen LogP contribution in [0.5, 0.6) is 11.9 Å². The maximum Gasteiger partial charge on any atom is 0.471 e. The zero-order valence-electron chi connectivity index (χ0n) is 6.91. The predicted molar refractivity (Wildman–Crippen MR) is 43.2 cm³/mol. The second-order valence-electron chi connectivity index (χ2n) is 2.32. The van der Waals surface area contributed by atoms with Crippen molar-refractivity contribution in [1.29, 1.82) is 0 Å². The Hall–Kier alpha value is -1.85. The van der Waals surface area contributed by atoms with Crippen LogP contribution < -0.4 is 21.2 Å². The number of nitrogens with zero attached hydrogens (tertiary/aromatic N) is 2. The van der Waals surface area contributed by atoms with E-state index in [-0.39, 0.29) is 17.4 Å². The van der Waals surface area contributed by atoms with Crippen molar-refractivity contribution in [3.05, 3.63) is 0 Å². The van der Waals surface area contributed by atoms with Crippen molar-refractivity contribution in [2.75, 3.05) is 11.5 Å². The third kappa shape index (κ3) is 1.83. The molecule has 11 heteroatoms. The number of anilines is 2. The van der Waals surface area contributed by atoms with Crippen molar-refractivity contribution in [2.45, 2.75) is 0 Å². The van der Waals surface area contributed by atoms with Crippen LogP contribution in [0.2, 0.25) is 0 Å². The molecule has 0 spiro atoms. The van der Waals surface area contributed by atoms with E-state index in [1.807, 2.05) is 0 Å². The van der Waals surface area contributed by atoms with Crippen LogP contribution in [0, 0.1) is 0 Å². The Morgan fingerprint density at radius 1 is 1.07 bits per heavy atom. The van der Waals surface area contributed by atoms with E-state index >= 15 is 0 Å². The molecule has 0 aromatic carbocycles. The average molecular weight is 236 g/mol. The number of rotatable bonds is 0. The van der Waals surface area contributed by atoms with E-state index in [1.54, 1.807) is 0 Å². The number of hydrogen-bond donors (Lipinski definition) is 2. The van der Waals surface area contributed by atoms with Crippen molar-refractivity contribution in [2.24, 2.45) is 0 Å². The average Bonchev–Trinajstić information content (AvgIpc) is 2.16. The molecule has 2 rings (SSSR count). The van der Waals surface area contributed by atoms with Gasteiger partial charge in [0.25, 0.3) is 5.88 Å². The maximum absolute atomic E-state index is 10.8. The van der Waals surface area contributed by atoms with Gasteiger partial charge in [0.15, 0.2) is 5.82 Å². The summed E-state index contributed by atoms with van der Waals surface area (Å²) in [4.78, 5) is 15.4. The van der Waals surface area contributed by atoms with Gasteiger partial charge in [-0.05, 0) is 8.67 Å². The number of aromatic nitrogens is 2. The van der Waals surface area contributed by atoms with Gasteiger partial charge in [0.2, 0.25) is 0 Å². The van der Waals surface area contributed by atoms with Crippen LogP contribution in [-0.4, -0.2) is 18.4 Å². The lowest BCUT2D eigenvalue weighted by Crippen LogP contribution is -2.20. The van der Waals surface area contributed by atoms with E-state index in [0.717, 1.165) is 0 Å². The molecule has 10 nitrogen and oxygen atoms in total. The lowest BCUT2D eigenvalue weighted by molar-refractivity contribution is -0.177. The molecule has 1 aliphatic rings. The van der Waals surface area contributed by atoms with Crippen molar-refractivity contribution in [3.63, 3.8) is 0 Å². The van der Waals surface area contributed by atoms with E-state index in [4.69, 9.17) is 11.5 Å². The van der Waals surface area contributed by atoms with Gasteiger partial charge < -0.3 is 11.5 Å². The van der Waals surface area contributed by atoms with E-state index in [9.17, 15) is 8.42 Å². The molecular weight excluding hydrogens is 232 g/mol. The molecule has 1 aromatic heterocycles. The molecule has 0 atom stereocenters. The third-order valence-corrected chi connectivity index (χ3v) is 1.78. The summed E-state index contributed by atoms with van der Waals surface area (Å²) in [7, 11) is -4.45. The van der Waals surface area contributed by atoms with Crippen molar-refractivity contribution in [1.82, 2.24) is 9.97 Å². The molecular formula is C4H4N4O6S. The van der Waals surface area contributed by atoms with Gasteiger partial charge >= 0.3 is 16.4 Å². The van der Waals surface area contributed by atoms with Crippen LogP contribution in [0.1, 0.15) is 0 Å². The van der Waals surface area contributed by atoms with Crippen molar-refractivity contribution < 1.29 is 26.9 Å². The van der Waals surface area contributed by atoms with Crippen LogP contribution in [-0.2, 0) is 19.1 Å². The highest BCUT2D eigenvalue weighted by molar-refractivity contribution is 7.81. The minimum Gasteiger partial charge on any atom is -0.391 e. The summed E-state index contributed by atoms with van der Waals surface area (Å²) >= 11 is 0. The minimum atomic E-state index is -4.45. The van der Waals surface area contributed by atoms with Crippen LogP contribution >= 0.6 is 0 Å². The summed E-state index contributed by atoms with van der Waals surface area (Å²) in [6.45, 7) is 0. The molecule has 1 aliphatic heterocycles. The summed E-state index contributed by atoms with van der Waals surface area (Å²) in [5.74, 6) is -0.550. The topological polar surface area (TPSA) is 149 Å². The first-order valence-corrected chi connectivity index (χ1v) is 4.71. The molecule has 15 heavy (non-hydrogen) atoms. The van der Waals surface area contributed by atoms with Gasteiger partial charge in [0, 0.05) is 0 Å². The predicted octanol–water partition coefficient (Wildman–Crippen LogP) is -1.48. The van der Waals surface area contributed by atoms with Gasteiger partial charge in [-0.15, -0.1) is 0 Å². The molecule has 1 aromatic rings. The molecule has 0 fully saturated rings. The lowest BCUT2D eigenvalue weighted by Gasteiger charge is -2.11. The SMILES string of the molecule is Nc1nc2nc(c1N)OOS(=O)(=O)OO2. The summed E-state index contributed by atoms with van der Waals surface area (Å²) < 4.78 is 29.2. The minimum absolute atomic E-state index is 0.165. The number of hydrogen-bond acceptors (Lipinski definition) is 10. The molecule has 0 saturated heterocycles. The standard InChI is InChI=1S/C4H4N4O6S/c5-1-2(6)7-4-8-3(1)11-13-15(9,10)14-12-4/h5H2,(H2,6,7,8). The second kappa shape index (κ2) is 3.08. The number of nitrogens with two attached hydrogens (primary N) is 2. The smallest absolute Gasteiger partial charge is 0.391 e. The van der Waals surface area contributed by atoms with Gasteiger partial charge in [-0.1, -0.05) is 0 Å². The summed E-state index contributed by atoms with van der Waals surface area (Å²) in [6, 6.07) is -0.469. The first kappa shape index (κ1) is 9.70. The van der Waals surface area contributed by atoms with Gasteiger partial charge in [-0.25, -0.2) is 0 Å². The molecule has 82 valence electrons. The first-order valence-electron chi connectivity index (χ1n) is 3.38. The normalized spacial score (nSPS) is 18.1. The Bertz CT molecular complexity index is 500. The molecule has 0 aliphatic carbocycles. The molecule has 2 bridgehead atoms. The van der Waals surface area contributed by atoms with Gasteiger partial charge in [0.1, 0.15) is 5.69 Å². The van der Waals surface area contributed by atoms with E-state index in [0.29, 0.717) is 0 Å². The van der Waals surface area contributed by atoms with E-state index < -0.39 is 16.4 Å². The molecule has 0 amide bonds. The fourth-order valence-corrected chi connectivity index (χ4v) is 1.02. The molecule has 4 N–H and O–H groups in total. The fourth-order valence-electron chi connectivity index (χ4n) is 0.703. The number of nitrogen functional groups attached to an aromatic ring is 2. The third-order valence-electron chi connectivity index (χ3n) is 1.31. The number of fused-ring (bicyclic) bond motifs is 2. The quantitative estimate of drug-likeness (QED) is 0.510. The van der Waals surface area contributed by atoms with Crippen LogP contribution in [0.3, 0.4) is 0 Å². The van der Waals surface area contributed by atoms with Gasteiger partial charge in [-0.2, -0.15) is 18.4 Å². The highest BCUT2D eigenvalue weighted by Gasteiger charge is 2.25. The van der Waals surface area contributed by atoms with E-state index in [1.165, 1.54) is 0 Å². The molecule has 0 saturated carbocycles. The molecule has 0 unspecified atom stereocenters. The Morgan fingerprint density at radius 3 is 2.47 bits per heavy atom. The first-order chi connectivity index (χ1) is 6.98. The van der Waals surface area contributed by atoms with E-state index in [2.05, 4.69) is 28.4 Å². The molecule has 0 radical (unpaired) electrons. The zero-order chi connectivity index (χ0) is 11.1. The second-order valence-corrected chi connectivity index (χ2v) is 3.41. The highest BCUT2D eigenvalue weighted by atomic mass is 32.3. The molecule has 2 heterocycles. The van der Waals surface area contributed by atoms with Crippen LogP contribution in [0.25, 0.3) is 0 Å². The van der Waals surface area contributed by atoms with Crippen LogP contribution in [0.15, 0.2) is 0 Å². The summed E-state index contributed by atoms with van der Waals surface area (Å²) in [5, 5.41) is 0. The zero-order valence-corrected chi connectivity index (χ0v) is 7.72. The Kier molecular flexibility index (Phi) is 1.99. The van der Waals surface area contributed by atoms with Crippen molar-refractivity contribution >= 4 is 21.9 Å². The van der Waals surface area contributed by atoms with Gasteiger partial charge in [0.05, 0.1) is 0 Å². The Balaban J connectivity index is 2.48. The Labute approximate surface area is 82.9 Å². The van der Waals surface area contributed by atoms with Crippen LogP contribution in [0.4, 0.5) is 11.5 Å². The fraction of sp³-hybridized carbons (Fsp3) is 0. The Morgan fingerprint density at radius 2 is 1.73 bits per heavy atom. The summed E-state index contributed by atoms with van der Waals surface area (Å²) in [5.41, 5.74) is 10.5. The highest BCUT2D eigenvalue weighted by Crippen LogP contribution is 2.28. The van der Waals surface area contributed by atoms with Gasteiger partial charge in [-0.3, -0.25) is 9.78 Å². The van der Waals surface area contributed by atoms with Crippen molar-refractivity contribution in [3.8, 4) is 11.9 Å². The lowest BCUT2D eigenvalue weighted by atomic mass is 10.5. The monoisotopic (exact) mass is 236 g/mol. The largest absolute Gasteiger partial charge is 0.471 e. The summed E-state index contributed by atoms with van der Waals surface area (Å²) in [6.07, 6.45) is 0. The maximum atomic E-state index is 10.8.